The summed E-state index contributed by atoms with van der Waals surface area (Å²) in [4.78, 5) is 12.7. The zero-order chi connectivity index (χ0) is 15.9. The summed E-state index contributed by atoms with van der Waals surface area (Å²) >= 11 is 7.22. The molecule has 0 spiro atoms. The second-order valence-corrected chi connectivity index (χ2v) is 6.01. The number of hydrogen-bond acceptors (Lipinski definition) is 4. The first kappa shape index (κ1) is 16.4. The van der Waals surface area contributed by atoms with Crippen LogP contribution in [-0.2, 0) is 4.79 Å². The van der Waals surface area contributed by atoms with Crippen molar-refractivity contribution in [3.8, 4) is 5.75 Å². The van der Waals surface area contributed by atoms with E-state index in [0.29, 0.717) is 10.7 Å². The molecule has 1 amide bonds. The van der Waals surface area contributed by atoms with Gasteiger partial charge in [0.1, 0.15) is 5.75 Å². The molecule has 114 valence electrons. The molecule has 0 saturated heterocycles. The first-order valence-corrected chi connectivity index (χ1v) is 7.92. The fourth-order valence-electron chi connectivity index (χ4n) is 1.63. The number of carbonyl (C=O) groups excluding carboxylic acids is 1. The molecule has 0 saturated carbocycles. The molecule has 4 nitrogen and oxygen atoms in total. The van der Waals surface area contributed by atoms with Gasteiger partial charge in [0.05, 0.1) is 11.5 Å². The minimum atomic E-state index is -0.182. The highest BCUT2D eigenvalue weighted by molar-refractivity contribution is 8.00. The van der Waals surface area contributed by atoms with E-state index in [4.69, 9.17) is 11.6 Å². The van der Waals surface area contributed by atoms with E-state index in [9.17, 15) is 9.90 Å². The third-order valence-electron chi connectivity index (χ3n) is 2.82. The van der Waals surface area contributed by atoms with Gasteiger partial charge in [0.15, 0.2) is 0 Å². The zero-order valence-corrected chi connectivity index (χ0v) is 13.5. The van der Waals surface area contributed by atoms with E-state index in [0.717, 1.165) is 10.5 Å². The van der Waals surface area contributed by atoms with Gasteiger partial charge in [-0.25, -0.2) is 5.43 Å². The first-order valence-electron chi connectivity index (χ1n) is 6.55. The Balaban J connectivity index is 1.85. The van der Waals surface area contributed by atoms with E-state index in [-0.39, 0.29) is 17.4 Å². The monoisotopic (exact) mass is 334 g/mol. The van der Waals surface area contributed by atoms with Crippen LogP contribution in [0.25, 0.3) is 0 Å². The molecule has 2 rings (SSSR count). The lowest BCUT2D eigenvalue weighted by Gasteiger charge is -2.04. The normalized spacial score (nSPS) is 11.3. The maximum atomic E-state index is 11.8. The molecule has 0 atom stereocenters. The van der Waals surface area contributed by atoms with E-state index < -0.39 is 0 Å². The minimum absolute atomic E-state index is 0.182. The highest BCUT2D eigenvalue weighted by atomic mass is 35.5. The molecule has 22 heavy (non-hydrogen) atoms. The van der Waals surface area contributed by atoms with E-state index in [1.807, 2.05) is 12.1 Å². The van der Waals surface area contributed by atoms with Crippen LogP contribution in [0.4, 0.5) is 0 Å². The number of thioether (sulfide) groups is 1. The first-order chi connectivity index (χ1) is 10.5. The van der Waals surface area contributed by atoms with Crippen LogP contribution in [0.2, 0.25) is 5.02 Å². The largest absolute Gasteiger partial charge is 0.508 e. The van der Waals surface area contributed by atoms with Crippen LogP contribution in [0.1, 0.15) is 12.5 Å². The van der Waals surface area contributed by atoms with Crippen LogP contribution in [0, 0.1) is 0 Å². The molecule has 0 aliphatic heterocycles. The number of amides is 1. The number of carbonyl (C=O) groups is 1. The summed E-state index contributed by atoms with van der Waals surface area (Å²) in [7, 11) is 0. The van der Waals surface area contributed by atoms with Crippen molar-refractivity contribution in [3.63, 3.8) is 0 Å². The van der Waals surface area contributed by atoms with Gasteiger partial charge in [0.25, 0.3) is 0 Å². The van der Waals surface area contributed by atoms with Gasteiger partial charge in [-0.15, -0.1) is 11.8 Å². The smallest absolute Gasteiger partial charge is 0.250 e. The number of rotatable bonds is 5. The Morgan fingerprint density at radius 1 is 1.18 bits per heavy atom. The van der Waals surface area contributed by atoms with E-state index in [2.05, 4.69) is 10.5 Å². The van der Waals surface area contributed by atoms with Gasteiger partial charge in [-0.05, 0) is 61.0 Å². The highest BCUT2D eigenvalue weighted by Gasteiger charge is 2.03. The molecule has 6 heteroatoms. The van der Waals surface area contributed by atoms with Gasteiger partial charge in [0, 0.05) is 9.92 Å². The second kappa shape index (κ2) is 7.87. The molecular formula is C16H15ClN2O2S. The number of nitrogens with one attached hydrogen (secondary N) is 1. The lowest BCUT2D eigenvalue weighted by Crippen LogP contribution is -2.21. The summed E-state index contributed by atoms with van der Waals surface area (Å²) in [6.07, 6.45) is 0. The van der Waals surface area contributed by atoms with Crippen LogP contribution in [-0.4, -0.2) is 22.5 Å². The predicted octanol–water partition coefficient (Wildman–Crippen LogP) is 3.68. The number of phenols is 1. The summed E-state index contributed by atoms with van der Waals surface area (Å²) in [6.45, 7) is 1.79. The quantitative estimate of drug-likeness (QED) is 0.498. The molecular weight excluding hydrogens is 320 g/mol. The second-order valence-electron chi connectivity index (χ2n) is 4.52. The van der Waals surface area contributed by atoms with Crippen molar-refractivity contribution < 1.29 is 9.90 Å². The number of halogens is 1. The Morgan fingerprint density at radius 2 is 1.82 bits per heavy atom. The van der Waals surface area contributed by atoms with Crippen molar-refractivity contribution in [1.29, 1.82) is 0 Å². The van der Waals surface area contributed by atoms with Crippen molar-refractivity contribution in [3.05, 3.63) is 59.1 Å². The Morgan fingerprint density at radius 3 is 2.45 bits per heavy atom. The van der Waals surface area contributed by atoms with Gasteiger partial charge >= 0.3 is 0 Å². The van der Waals surface area contributed by atoms with Crippen LogP contribution >= 0.6 is 23.4 Å². The molecule has 0 aliphatic carbocycles. The average molecular weight is 335 g/mol. The lowest BCUT2D eigenvalue weighted by atomic mass is 10.1. The summed E-state index contributed by atoms with van der Waals surface area (Å²) in [5, 5.41) is 14.0. The van der Waals surface area contributed by atoms with Crippen molar-refractivity contribution >= 4 is 35.0 Å². The third kappa shape index (κ3) is 5.09. The maximum Gasteiger partial charge on any atom is 0.250 e. The molecule has 0 bridgehead atoms. The van der Waals surface area contributed by atoms with Crippen LogP contribution in [0.5, 0.6) is 5.75 Å². The SMILES string of the molecule is C/C(=N\NC(=O)CSc1ccc(Cl)cc1)c1ccc(O)cc1. The van der Waals surface area contributed by atoms with Crippen LogP contribution in [0.15, 0.2) is 58.5 Å². The Hall–Kier alpha value is -1.98. The number of nitrogens with zero attached hydrogens (tertiary/aromatic N) is 1. The van der Waals surface area contributed by atoms with E-state index >= 15 is 0 Å². The summed E-state index contributed by atoms with van der Waals surface area (Å²) in [5.74, 6) is 0.284. The van der Waals surface area contributed by atoms with Gasteiger partial charge in [-0.3, -0.25) is 4.79 Å². The van der Waals surface area contributed by atoms with Crippen molar-refractivity contribution in [1.82, 2.24) is 5.43 Å². The fourth-order valence-corrected chi connectivity index (χ4v) is 2.44. The maximum absolute atomic E-state index is 11.8. The standard InChI is InChI=1S/C16H15ClN2O2S/c1-11(12-2-6-14(20)7-3-12)18-19-16(21)10-22-15-8-4-13(17)5-9-15/h2-9,20H,10H2,1H3,(H,19,21)/b18-11+. The van der Waals surface area contributed by atoms with Gasteiger partial charge in [-0.2, -0.15) is 5.10 Å². The molecule has 0 fully saturated rings. The molecule has 2 N–H and O–H groups in total. The van der Waals surface area contributed by atoms with Gasteiger partial charge in [0.2, 0.25) is 5.91 Å². The van der Waals surface area contributed by atoms with Crippen molar-refractivity contribution in [2.45, 2.75) is 11.8 Å². The highest BCUT2D eigenvalue weighted by Crippen LogP contribution is 2.19. The molecule has 0 radical (unpaired) electrons. The Kier molecular flexibility index (Phi) is 5.86. The van der Waals surface area contributed by atoms with Gasteiger partial charge in [-0.1, -0.05) is 11.6 Å². The van der Waals surface area contributed by atoms with Gasteiger partial charge < -0.3 is 5.11 Å². The number of aromatic hydroxyl groups is 1. The molecule has 0 aromatic heterocycles. The summed E-state index contributed by atoms with van der Waals surface area (Å²) < 4.78 is 0. The number of hydrogen-bond donors (Lipinski definition) is 2. The minimum Gasteiger partial charge on any atom is -0.508 e. The molecule has 0 unspecified atom stereocenters. The topological polar surface area (TPSA) is 61.7 Å². The van der Waals surface area contributed by atoms with E-state index in [1.54, 1.807) is 43.3 Å². The number of benzene rings is 2. The zero-order valence-electron chi connectivity index (χ0n) is 11.9. The molecule has 0 aliphatic rings. The molecule has 2 aromatic carbocycles. The predicted molar refractivity (Wildman–Crippen MR) is 90.6 cm³/mol. The summed E-state index contributed by atoms with van der Waals surface area (Å²) in [5.41, 5.74) is 4.02. The summed E-state index contributed by atoms with van der Waals surface area (Å²) in [6, 6.07) is 13.9. The average Bonchev–Trinajstić information content (AvgIpc) is 2.52. The Bertz CT molecular complexity index is 670. The lowest BCUT2D eigenvalue weighted by molar-refractivity contribution is -0.118. The Labute approximate surface area is 138 Å². The van der Waals surface area contributed by atoms with Crippen LogP contribution in [0.3, 0.4) is 0 Å². The van der Waals surface area contributed by atoms with Crippen molar-refractivity contribution in [2.75, 3.05) is 5.75 Å². The molecule has 2 aromatic rings. The van der Waals surface area contributed by atoms with Crippen molar-refractivity contribution in [2.24, 2.45) is 5.10 Å². The van der Waals surface area contributed by atoms with E-state index in [1.165, 1.54) is 11.8 Å². The number of phenolic OH excluding ortho intramolecular Hbond substituents is 1. The number of hydrazone groups is 1. The van der Waals surface area contributed by atoms with Crippen LogP contribution < -0.4 is 5.43 Å². The molecule has 0 heterocycles. The fraction of sp³-hybridized carbons (Fsp3) is 0.125. The third-order valence-corrected chi connectivity index (χ3v) is 4.08.